The summed E-state index contributed by atoms with van der Waals surface area (Å²) in [5.74, 6) is 1.65. The van der Waals surface area contributed by atoms with Gasteiger partial charge < -0.3 is 9.53 Å². The fraction of sp³-hybridized carbons (Fsp3) is 0.611. The van der Waals surface area contributed by atoms with Crippen LogP contribution in [0.15, 0.2) is 24.3 Å². The maximum absolute atomic E-state index is 10.2. The molecule has 1 unspecified atom stereocenters. The van der Waals surface area contributed by atoms with E-state index in [4.69, 9.17) is 4.74 Å². The number of rotatable bonds is 11. The molecule has 0 heterocycles. The highest BCUT2D eigenvalue weighted by Crippen LogP contribution is 2.32. The number of hydrogen-bond acceptors (Lipinski definition) is 2. The second-order valence-electron chi connectivity index (χ2n) is 5.30. The number of aldehydes is 1. The topological polar surface area (TPSA) is 26.3 Å². The molecule has 0 N–H and O–H groups in total. The first kappa shape index (κ1) is 16.7. The van der Waals surface area contributed by atoms with Gasteiger partial charge in [-0.15, -0.1) is 0 Å². The normalized spacial score (nSPS) is 12.1. The molecular formula is C18H28O2. The lowest BCUT2D eigenvalue weighted by molar-refractivity contribution is -0.107. The van der Waals surface area contributed by atoms with Crippen molar-refractivity contribution in [2.24, 2.45) is 0 Å². The molecule has 0 spiro atoms. The maximum Gasteiger partial charge on any atom is 0.122 e. The third-order valence-electron chi connectivity index (χ3n) is 3.71. The average molecular weight is 276 g/mol. The first-order chi connectivity index (χ1) is 9.83. The lowest BCUT2D eigenvalue weighted by atomic mass is 9.91. The van der Waals surface area contributed by atoms with E-state index in [1.165, 1.54) is 18.4 Å². The van der Waals surface area contributed by atoms with E-state index in [9.17, 15) is 4.79 Å². The molecule has 112 valence electrons. The van der Waals surface area contributed by atoms with Crippen molar-refractivity contribution in [2.45, 2.75) is 64.7 Å². The summed E-state index contributed by atoms with van der Waals surface area (Å²) in [6.07, 6.45) is 8.31. The highest BCUT2D eigenvalue weighted by atomic mass is 16.5. The summed E-state index contributed by atoms with van der Waals surface area (Å²) in [4.78, 5) is 10.2. The molecular weight excluding hydrogens is 248 g/mol. The Balaban J connectivity index is 2.50. The Labute approximate surface area is 123 Å². The van der Waals surface area contributed by atoms with E-state index in [1.54, 1.807) is 0 Å². The molecule has 0 bridgehead atoms. The zero-order valence-electron chi connectivity index (χ0n) is 12.9. The van der Waals surface area contributed by atoms with E-state index in [0.29, 0.717) is 12.3 Å². The van der Waals surface area contributed by atoms with Gasteiger partial charge in [0.2, 0.25) is 0 Å². The van der Waals surface area contributed by atoms with Crippen LogP contribution in [0.1, 0.15) is 70.3 Å². The van der Waals surface area contributed by atoms with Crippen LogP contribution in [0.2, 0.25) is 0 Å². The molecule has 0 aliphatic carbocycles. The quantitative estimate of drug-likeness (QED) is 0.414. The molecule has 0 aliphatic rings. The summed E-state index contributed by atoms with van der Waals surface area (Å²) in [6.45, 7) is 5.23. The molecule has 0 radical (unpaired) electrons. The molecule has 0 aromatic heterocycles. The largest absolute Gasteiger partial charge is 0.493 e. The first-order valence-corrected chi connectivity index (χ1v) is 7.98. The van der Waals surface area contributed by atoms with Crippen LogP contribution in [0.5, 0.6) is 5.75 Å². The Morgan fingerprint density at radius 2 is 1.95 bits per heavy atom. The van der Waals surface area contributed by atoms with Gasteiger partial charge in [-0.25, -0.2) is 0 Å². The molecule has 20 heavy (non-hydrogen) atoms. The molecule has 0 saturated heterocycles. The second kappa shape index (κ2) is 10.5. The van der Waals surface area contributed by atoms with Gasteiger partial charge in [-0.2, -0.15) is 0 Å². The van der Waals surface area contributed by atoms with Crippen LogP contribution in [0, 0.1) is 0 Å². The average Bonchev–Trinajstić information content (AvgIpc) is 2.49. The molecule has 1 rings (SSSR count). The highest BCUT2D eigenvalue weighted by Gasteiger charge is 2.13. The monoisotopic (exact) mass is 276 g/mol. The molecule has 1 atom stereocenters. The van der Waals surface area contributed by atoms with Crippen molar-refractivity contribution in [3.8, 4) is 5.75 Å². The van der Waals surface area contributed by atoms with Gasteiger partial charge in [-0.1, -0.05) is 38.5 Å². The Hall–Kier alpha value is -1.31. The number of hydrogen-bond donors (Lipinski definition) is 0. The van der Waals surface area contributed by atoms with Gasteiger partial charge in [0.25, 0.3) is 0 Å². The molecule has 0 amide bonds. The Bertz CT molecular complexity index is 373. The van der Waals surface area contributed by atoms with Gasteiger partial charge in [0.05, 0.1) is 6.61 Å². The van der Waals surface area contributed by atoms with Gasteiger partial charge in [0, 0.05) is 6.42 Å². The number of para-hydroxylation sites is 1. The van der Waals surface area contributed by atoms with Crippen molar-refractivity contribution in [1.82, 2.24) is 0 Å². The van der Waals surface area contributed by atoms with Crippen molar-refractivity contribution in [3.63, 3.8) is 0 Å². The summed E-state index contributed by atoms with van der Waals surface area (Å²) < 4.78 is 5.96. The van der Waals surface area contributed by atoms with Crippen LogP contribution in [-0.4, -0.2) is 12.9 Å². The summed E-state index contributed by atoms with van der Waals surface area (Å²) in [5, 5.41) is 0. The third kappa shape index (κ3) is 5.77. The lowest BCUT2D eigenvalue weighted by Gasteiger charge is -2.18. The summed E-state index contributed by atoms with van der Waals surface area (Å²) in [7, 11) is 0. The predicted octanol–water partition coefficient (Wildman–Crippen LogP) is 5.12. The van der Waals surface area contributed by atoms with Crippen LogP contribution < -0.4 is 4.74 Å². The van der Waals surface area contributed by atoms with Gasteiger partial charge in [-0.3, -0.25) is 0 Å². The Morgan fingerprint density at radius 3 is 2.65 bits per heavy atom. The van der Waals surface area contributed by atoms with Gasteiger partial charge in [0.1, 0.15) is 12.0 Å². The van der Waals surface area contributed by atoms with E-state index < -0.39 is 0 Å². The summed E-state index contributed by atoms with van der Waals surface area (Å²) >= 11 is 0. The van der Waals surface area contributed by atoms with E-state index in [2.05, 4.69) is 32.0 Å². The van der Waals surface area contributed by atoms with E-state index in [-0.39, 0.29) is 0 Å². The maximum atomic E-state index is 10.2. The summed E-state index contributed by atoms with van der Waals surface area (Å²) in [5.41, 5.74) is 1.35. The van der Waals surface area contributed by atoms with Crippen molar-refractivity contribution >= 4 is 6.29 Å². The van der Waals surface area contributed by atoms with E-state index >= 15 is 0 Å². The fourth-order valence-electron chi connectivity index (χ4n) is 2.57. The van der Waals surface area contributed by atoms with Crippen LogP contribution in [0.25, 0.3) is 0 Å². The smallest absolute Gasteiger partial charge is 0.122 e. The van der Waals surface area contributed by atoms with Gasteiger partial charge >= 0.3 is 0 Å². The minimum atomic E-state index is 0.603. The van der Waals surface area contributed by atoms with Crippen LogP contribution >= 0.6 is 0 Å². The second-order valence-corrected chi connectivity index (χ2v) is 5.30. The molecule has 1 aromatic rings. The third-order valence-corrected chi connectivity index (χ3v) is 3.71. The number of ether oxygens (including phenoxy) is 1. The van der Waals surface area contributed by atoms with E-state index in [0.717, 1.165) is 44.3 Å². The number of carbonyl (C=O) groups excluding carboxylic acids is 1. The van der Waals surface area contributed by atoms with Crippen molar-refractivity contribution in [3.05, 3.63) is 29.8 Å². The number of benzene rings is 1. The molecule has 0 saturated carbocycles. The molecule has 0 aliphatic heterocycles. The zero-order valence-corrected chi connectivity index (χ0v) is 12.9. The minimum absolute atomic E-state index is 0.603. The van der Waals surface area contributed by atoms with Crippen molar-refractivity contribution < 1.29 is 9.53 Å². The van der Waals surface area contributed by atoms with Crippen LogP contribution in [0.4, 0.5) is 0 Å². The molecule has 2 nitrogen and oxygen atoms in total. The van der Waals surface area contributed by atoms with Crippen molar-refractivity contribution in [1.29, 1.82) is 0 Å². The summed E-state index contributed by atoms with van der Waals surface area (Å²) in [6, 6.07) is 8.43. The SMILES string of the molecule is CCCC(CC)c1ccccc1OCCCCCC=O. The van der Waals surface area contributed by atoms with E-state index in [1.807, 2.05) is 6.07 Å². The number of unbranched alkanes of at least 4 members (excludes halogenated alkanes) is 3. The minimum Gasteiger partial charge on any atom is -0.493 e. The molecule has 2 heteroatoms. The zero-order chi connectivity index (χ0) is 14.6. The van der Waals surface area contributed by atoms with Gasteiger partial charge in [-0.05, 0) is 49.7 Å². The first-order valence-electron chi connectivity index (χ1n) is 7.98. The predicted molar refractivity (Wildman–Crippen MR) is 84.4 cm³/mol. The Kier molecular flexibility index (Phi) is 8.77. The highest BCUT2D eigenvalue weighted by molar-refractivity contribution is 5.48. The molecule has 0 fully saturated rings. The fourth-order valence-corrected chi connectivity index (χ4v) is 2.57. The van der Waals surface area contributed by atoms with Gasteiger partial charge in [0.15, 0.2) is 0 Å². The molecule has 1 aromatic carbocycles. The van der Waals surface area contributed by atoms with Crippen molar-refractivity contribution in [2.75, 3.05) is 6.61 Å². The van der Waals surface area contributed by atoms with Crippen LogP contribution in [0.3, 0.4) is 0 Å². The van der Waals surface area contributed by atoms with Crippen LogP contribution in [-0.2, 0) is 4.79 Å². The number of carbonyl (C=O) groups is 1. The lowest BCUT2D eigenvalue weighted by Crippen LogP contribution is -2.04. The Morgan fingerprint density at radius 1 is 1.15 bits per heavy atom. The standard InChI is InChI=1S/C18H28O2/c1-3-11-16(4-2)17-12-7-8-13-18(17)20-15-10-6-5-9-14-19/h7-8,12-14,16H,3-6,9-11,15H2,1-2H3.